The summed E-state index contributed by atoms with van der Waals surface area (Å²) in [5.74, 6) is -2.22. The maximum absolute atomic E-state index is 14.3. The van der Waals surface area contributed by atoms with E-state index in [-0.39, 0.29) is 31.2 Å². The SMILES string of the molecule is O=C(c1occc1CN1C(=O)Cc2ccccc21)N1CCC(F)(C(=O)O)C1. The number of para-hydroxylation sites is 1. The zero-order valence-electron chi connectivity index (χ0n) is 14.4. The van der Waals surface area contributed by atoms with Gasteiger partial charge in [0.05, 0.1) is 25.8 Å². The average molecular weight is 372 g/mol. The fraction of sp³-hybridized carbons (Fsp3) is 0.316. The van der Waals surface area contributed by atoms with E-state index in [2.05, 4.69) is 0 Å². The number of carboxylic acids is 1. The van der Waals surface area contributed by atoms with Gasteiger partial charge in [0.1, 0.15) is 0 Å². The molecule has 0 aliphatic carbocycles. The molecule has 2 aliphatic rings. The normalized spacial score (nSPS) is 21.6. The average Bonchev–Trinajstić information content (AvgIpc) is 3.34. The second kappa shape index (κ2) is 6.22. The number of amides is 2. The summed E-state index contributed by atoms with van der Waals surface area (Å²) in [6.45, 7) is -0.374. The van der Waals surface area contributed by atoms with Crippen molar-refractivity contribution >= 4 is 23.5 Å². The van der Waals surface area contributed by atoms with Gasteiger partial charge in [-0.05, 0) is 17.7 Å². The maximum Gasteiger partial charge on any atom is 0.343 e. The lowest BCUT2D eigenvalue weighted by atomic mass is 10.1. The topological polar surface area (TPSA) is 91.1 Å². The second-order valence-electron chi connectivity index (χ2n) is 6.81. The van der Waals surface area contributed by atoms with Crippen LogP contribution in [-0.2, 0) is 22.6 Å². The Hall–Kier alpha value is -3.16. The molecule has 1 N–H and O–H groups in total. The number of carbonyl (C=O) groups excluding carboxylic acids is 2. The number of halogens is 1. The smallest absolute Gasteiger partial charge is 0.343 e. The third-order valence-corrected chi connectivity index (χ3v) is 5.08. The molecule has 8 heteroatoms. The zero-order chi connectivity index (χ0) is 19.2. The summed E-state index contributed by atoms with van der Waals surface area (Å²) in [5.41, 5.74) is -0.234. The minimum atomic E-state index is -2.44. The standard InChI is InChI=1S/C19H17FN2O5/c20-19(18(25)26)6-7-21(11-19)17(24)16-13(5-8-27-16)10-22-14-4-2-1-3-12(14)9-15(22)23/h1-5,8H,6-7,9-11H2,(H,25,26). The molecule has 1 unspecified atom stereocenters. The highest BCUT2D eigenvalue weighted by Crippen LogP contribution is 2.32. The van der Waals surface area contributed by atoms with Crippen molar-refractivity contribution in [3.8, 4) is 0 Å². The molecule has 1 saturated heterocycles. The molecule has 7 nitrogen and oxygen atoms in total. The molecule has 2 aromatic rings. The van der Waals surface area contributed by atoms with Gasteiger partial charge in [0.2, 0.25) is 11.6 Å². The lowest BCUT2D eigenvalue weighted by molar-refractivity contribution is -0.149. The van der Waals surface area contributed by atoms with Crippen LogP contribution in [0.15, 0.2) is 41.0 Å². The lowest BCUT2D eigenvalue weighted by Crippen LogP contribution is -2.39. The van der Waals surface area contributed by atoms with Crippen LogP contribution in [0.4, 0.5) is 10.1 Å². The van der Waals surface area contributed by atoms with E-state index in [1.165, 1.54) is 6.26 Å². The number of benzene rings is 1. The number of nitrogens with zero attached hydrogens (tertiary/aromatic N) is 2. The molecule has 1 atom stereocenters. The molecular weight excluding hydrogens is 355 g/mol. The molecular formula is C19H17FN2O5. The Bertz CT molecular complexity index is 940. The van der Waals surface area contributed by atoms with E-state index in [4.69, 9.17) is 9.52 Å². The van der Waals surface area contributed by atoms with Gasteiger partial charge in [-0.1, -0.05) is 18.2 Å². The zero-order valence-corrected chi connectivity index (χ0v) is 14.4. The molecule has 2 amide bonds. The van der Waals surface area contributed by atoms with Crippen LogP contribution in [0, 0.1) is 0 Å². The number of alkyl halides is 1. The summed E-state index contributed by atoms with van der Waals surface area (Å²) in [6.07, 6.45) is 1.37. The number of furan rings is 1. The van der Waals surface area contributed by atoms with Crippen LogP contribution < -0.4 is 4.90 Å². The van der Waals surface area contributed by atoms with Crippen LogP contribution in [0.1, 0.15) is 28.1 Å². The number of carbonyl (C=O) groups is 3. The Morgan fingerprint density at radius 2 is 2.04 bits per heavy atom. The minimum absolute atomic E-state index is 0.00169. The van der Waals surface area contributed by atoms with Crippen LogP contribution in [0.25, 0.3) is 0 Å². The van der Waals surface area contributed by atoms with E-state index in [0.717, 1.165) is 16.2 Å². The van der Waals surface area contributed by atoms with Crippen molar-refractivity contribution in [3.63, 3.8) is 0 Å². The quantitative estimate of drug-likeness (QED) is 0.887. The van der Waals surface area contributed by atoms with Gasteiger partial charge in [-0.25, -0.2) is 9.18 Å². The number of hydrogen-bond donors (Lipinski definition) is 1. The highest BCUT2D eigenvalue weighted by Gasteiger charge is 2.47. The number of carboxylic acid groups (broad SMARTS) is 1. The number of rotatable bonds is 4. The second-order valence-corrected chi connectivity index (χ2v) is 6.81. The molecule has 2 aliphatic heterocycles. The first kappa shape index (κ1) is 17.3. The van der Waals surface area contributed by atoms with Crippen LogP contribution in [0.3, 0.4) is 0 Å². The van der Waals surface area contributed by atoms with E-state index >= 15 is 0 Å². The summed E-state index contributed by atoms with van der Waals surface area (Å²) in [7, 11) is 0. The van der Waals surface area contributed by atoms with Crippen LogP contribution in [0.5, 0.6) is 0 Å². The van der Waals surface area contributed by atoms with Gasteiger partial charge >= 0.3 is 5.97 Å². The van der Waals surface area contributed by atoms with Crippen molar-refractivity contribution in [3.05, 3.63) is 53.5 Å². The van der Waals surface area contributed by atoms with Gasteiger partial charge in [-0.3, -0.25) is 9.59 Å². The molecule has 0 saturated carbocycles. The van der Waals surface area contributed by atoms with Gasteiger partial charge in [0.25, 0.3) is 5.91 Å². The van der Waals surface area contributed by atoms with Crippen molar-refractivity contribution in [2.75, 3.05) is 18.0 Å². The molecule has 27 heavy (non-hydrogen) atoms. The Morgan fingerprint density at radius 1 is 1.26 bits per heavy atom. The summed E-state index contributed by atoms with van der Waals surface area (Å²) >= 11 is 0. The molecule has 3 heterocycles. The molecule has 0 radical (unpaired) electrons. The molecule has 1 aromatic heterocycles. The fourth-order valence-electron chi connectivity index (χ4n) is 3.57. The van der Waals surface area contributed by atoms with Gasteiger partial charge in [0, 0.05) is 24.2 Å². The monoisotopic (exact) mass is 372 g/mol. The highest BCUT2D eigenvalue weighted by molar-refractivity contribution is 6.02. The Balaban J connectivity index is 1.55. The van der Waals surface area contributed by atoms with Gasteiger partial charge in [0.15, 0.2) is 5.76 Å². The van der Waals surface area contributed by atoms with E-state index < -0.39 is 24.1 Å². The summed E-state index contributed by atoms with van der Waals surface area (Å²) in [4.78, 5) is 38.8. The summed E-state index contributed by atoms with van der Waals surface area (Å²) in [5, 5.41) is 8.99. The number of anilines is 1. The van der Waals surface area contributed by atoms with E-state index in [1.54, 1.807) is 11.0 Å². The van der Waals surface area contributed by atoms with Crippen molar-refractivity contribution < 1.29 is 28.3 Å². The Morgan fingerprint density at radius 3 is 2.78 bits per heavy atom. The van der Waals surface area contributed by atoms with Gasteiger partial charge in [-0.2, -0.15) is 0 Å². The largest absolute Gasteiger partial charge is 0.479 e. The summed E-state index contributed by atoms with van der Waals surface area (Å²) < 4.78 is 19.6. The lowest BCUT2D eigenvalue weighted by Gasteiger charge is -2.19. The fourth-order valence-corrected chi connectivity index (χ4v) is 3.57. The number of hydrogen-bond acceptors (Lipinski definition) is 4. The van der Waals surface area contributed by atoms with E-state index in [1.807, 2.05) is 24.3 Å². The van der Waals surface area contributed by atoms with Crippen molar-refractivity contribution in [2.45, 2.75) is 25.1 Å². The first-order valence-corrected chi connectivity index (χ1v) is 8.55. The van der Waals surface area contributed by atoms with E-state index in [0.29, 0.717) is 12.0 Å². The summed E-state index contributed by atoms with van der Waals surface area (Å²) in [6, 6.07) is 9.01. The first-order chi connectivity index (χ1) is 12.9. The molecule has 0 bridgehead atoms. The minimum Gasteiger partial charge on any atom is -0.479 e. The van der Waals surface area contributed by atoms with Crippen LogP contribution >= 0.6 is 0 Å². The molecule has 4 rings (SSSR count). The third-order valence-electron chi connectivity index (χ3n) is 5.08. The molecule has 140 valence electrons. The Labute approximate surface area is 154 Å². The van der Waals surface area contributed by atoms with Crippen molar-refractivity contribution in [1.82, 2.24) is 4.90 Å². The maximum atomic E-state index is 14.3. The van der Waals surface area contributed by atoms with Gasteiger partial charge < -0.3 is 19.3 Å². The molecule has 0 spiro atoms. The van der Waals surface area contributed by atoms with Gasteiger partial charge in [-0.15, -0.1) is 0 Å². The molecule has 1 fully saturated rings. The third kappa shape index (κ3) is 2.87. The number of aliphatic carboxylic acids is 1. The highest BCUT2D eigenvalue weighted by atomic mass is 19.1. The number of likely N-dealkylation sites (tertiary alicyclic amines) is 1. The van der Waals surface area contributed by atoms with Crippen LogP contribution in [0.2, 0.25) is 0 Å². The van der Waals surface area contributed by atoms with E-state index in [9.17, 15) is 18.8 Å². The van der Waals surface area contributed by atoms with Crippen molar-refractivity contribution in [1.29, 1.82) is 0 Å². The predicted molar refractivity (Wildman–Crippen MR) is 92.0 cm³/mol. The molecule has 1 aromatic carbocycles. The van der Waals surface area contributed by atoms with Crippen molar-refractivity contribution in [2.24, 2.45) is 0 Å². The Kier molecular flexibility index (Phi) is 3.98. The first-order valence-electron chi connectivity index (χ1n) is 8.55. The predicted octanol–water partition coefficient (Wildman–Crippen LogP) is 2.01. The number of fused-ring (bicyclic) bond motifs is 1. The van der Waals surface area contributed by atoms with Crippen LogP contribution in [-0.4, -0.2) is 46.5 Å².